The van der Waals surface area contributed by atoms with E-state index >= 15 is 0 Å². The van der Waals surface area contributed by atoms with Crippen LogP contribution in [0, 0.1) is 5.92 Å². The molecule has 2 fully saturated rings. The van der Waals surface area contributed by atoms with Gasteiger partial charge in [0.1, 0.15) is 11.6 Å². The van der Waals surface area contributed by atoms with Gasteiger partial charge in [-0.15, -0.1) is 5.06 Å². The molecule has 2 amide bonds. The van der Waals surface area contributed by atoms with Gasteiger partial charge in [-0.3, -0.25) is 9.69 Å². The molecule has 0 aliphatic carbocycles. The lowest BCUT2D eigenvalue weighted by Crippen LogP contribution is -2.57. The van der Waals surface area contributed by atoms with Crippen molar-refractivity contribution in [1.29, 1.82) is 0 Å². The van der Waals surface area contributed by atoms with Crippen LogP contribution >= 0.6 is 0 Å². The Morgan fingerprint density at radius 1 is 1.00 bits per heavy atom. The summed E-state index contributed by atoms with van der Waals surface area (Å²) < 4.78 is 5.54. The van der Waals surface area contributed by atoms with Crippen LogP contribution in [0.15, 0.2) is 30.3 Å². The number of nitrogens with zero attached hydrogens (tertiary/aromatic N) is 2. The largest absolute Gasteiger partial charge is 0.444 e. The van der Waals surface area contributed by atoms with Gasteiger partial charge < -0.3 is 14.9 Å². The van der Waals surface area contributed by atoms with E-state index in [4.69, 9.17) is 9.57 Å². The predicted molar refractivity (Wildman–Crippen MR) is 120 cm³/mol. The maximum Gasteiger partial charge on any atom is 0.410 e. The van der Waals surface area contributed by atoms with Crippen LogP contribution in [0.4, 0.5) is 4.79 Å². The van der Waals surface area contributed by atoms with Gasteiger partial charge in [0.15, 0.2) is 0 Å². The average molecular weight is 446 g/mol. The van der Waals surface area contributed by atoms with Gasteiger partial charge in [0.2, 0.25) is 5.91 Å². The number of nitrogens with one attached hydrogen (secondary N) is 1. The molecule has 8 nitrogen and oxygen atoms in total. The van der Waals surface area contributed by atoms with Gasteiger partial charge in [-0.2, -0.15) is 0 Å². The monoisotopic (exact) mass is 445 g/mol. The second kappa shape index (κ2) is 10.3. The Hall–Kier alpha value is -2.61. The van der Waals surface area contributed by atoms with E-state index in [1.807, 2.05) is 26.8 Å². The maximum absolute atomic E-state index is 13.0. The zero-order valence-electron chi connectivity index (χ0n) is 19.5. The Balaban J connectivity index is 1.50. The summed E-state index contributed by atoms with van der Waals surface area (Å²) in [6.45, 7) is 9.16. The van der Waals surface area contributed by atoms with Crippen molar-refractivity contribution in [3.63, 3.8) is 0 Å². The van der Waals surface area contributed by atoms with E-state index in [1.54, 1.807) is 34.2 Å². The van der Waals surface area contributed by atoms with Crippen LogP contribution in [0.3, 0.4) is 0 Å². The summed E-state index contributed by atoms with van der Waals surface area (Å²) in [5, 5.41) is 4.75. The third-order valence-corrected chi connectivity index (χ3v) is 5.77. The van der Waals surface area contributed by atoms with Crippen LogP contribution in [0.1, 0.15) is 63.7 Å². The van der Waals surface area contributed by atoms with E-state index in [9.17, 15) is 14.4 Å². The topological polar surface area (TPSA) is 88.2 Å². The van der Waals surface area contributed by atoms with Crippen molar-refractivity contribution in [3.8, 4) is 0 Å². The van der Waals surface area contributed by atoms with Gasteiger partial charge in [0, 0.05) is 25.7 Å². The number of piperidine rings is 2. The Morgan fingerprint density at radius 3 is 2.28 bits per heavy atom. The third kappa shape index (κ3) is 6.69. The normalized spacial score (nSPS) is 22.8. The standard InChI is InChI=1S/C24H35N3O5/c1-17-10-11-20(27(16-17)23(30)31-24(2,3)4)21(28)25-19-12-14-26(15-13-19)32-22(29)18-8-6-5-7-9-18/h5-9,17,19-20H,10-16H2,1-4H3,(H,25,28)/t17-,20+/m1/s1. The van der Waals surface area contributed by atoms with E-state index in [2.05, 4.69) is 12.2 Å². The van der Waals surface area contributed by atoms with Crippen molar-refractivity contribution in [1.82, 2.24) is 15.3 Å². The van der Waals surface area contributed by atoms with Crippen molar-refractivity contribution in [2.24, 2.45) is 5.92 Å². The van der Waals surface area contributed by atoms with E-state index in [-0.39, 0.29) is 17.9 Å². The number of hydrogen-bond acceptors (Lipinski definition) is 6. The molecule has 2 atom stereocenters. The van der Waals surface area contributed by atoms with Gasteiger partial charge in [-0.05, 0) is 64.5 Å². The highest BCUT2D eigenvalue weighted by molar-refractivity contribution is 5.89. The number of amides is 2. The number of carbonyl (C=O) groups excluding carboxylic acids is 3. The second-order valence-electron chi connectivity index (χ2n) is 9.79. The van der Waals surface area contributed by atoms with Gasteiger partial charge >= 0.3 is 12.1 Å². The van der Waals surface area contributed by atoms with Crippen LogP contribution in [0.5, 0.6) is 0 Å². The van der Waals surface area contributed by atoms with Crippen molar-refractivity contribution in [2.75, 3.05) is 19.6 Å². The molecule has 2 aliphatic rings. The Kier molecular flexibility index (Phi) is 7.77. The first kappa shape index (κ1) is 24.0. The molecular formula is C24H35N3O5. The molecule has 176 valence electrons. The molecule has 3 rings (SSSR count). The smallest absolute Gasteiger partial charge is 0.410 e. The van der Waals surface area contributed by atoms with Gasteiger partial charge in [-0.1, -0.05) is 25.1 Å². The molecule has 2 saturated heterocycles. The lowest BCUT2D eigenvalue weighted by atomic mass is 9.93. The minimum absolute atomic E-state index is 0.0194. The van der Waals surface area contributed by atoms with Crippen LogP contribution < -0.4 is 5.32 Å². The van der Waals surface area contributed by atoms with Crippen LogP contribution in [0.2, 0.25) is 0 Å². The second-order valence-corrected chi connectivity index (χ2v) is 9.79. The number of carbonyl (C=O) groups is 3. The first-order chi connectivity index (χ1) is 15.1. The summed E-state index contributed by atoms with van der Waals surface area (Å²) in [4.78, 5) is 45.0. The molecule has 1 aromatic rings. The molecule has 0 unspecified atom stereocenters. The zero-order chi connectivity index (χ0) is 23.3. The van der Waals surface area contributed by atoms with Crippen LogP contribution in [0.25, 0.3) is 0 Å². The van der Waals surface area contributed by atoms with E-state index < -0.39 is 17.7 Å². The number of rotatable bonds is 4. The molecular weight excluding hydrogens is 410 g/mol. The molecule has 0 spiro atoms. The van der Waals surface area contributed by atoms with Crippen molar-refractivity contribution in [3.05, 3.63) is 35.9 Å². The minimum atomic E-state index is -0.608. The number of hydrogen-bond donors (Lipinski definition) is 1. The Labute approximate surface area is 190 Å². The quantitative estimate of drug-likeness (QED) is 0.765. The molecule has 2 heterocycles. The molecule has 0 aromatic heterocycles. The highest BCUT2D eigenvalue weighted by Crippen LogP contribution is 2.25. The van der Waals surface area contributed by atoms with Crippen LogP contribution in [-0.2, 0) is 14.4 Å². The fourth-order valence-electron chi connectivity index (χ4n) is 4.08. The fourth-order valence-corrected chi connectivity index (χ4v) is 4.08. The van der Waals surface area contributed by atoms with Crippen LogP contribution in [-0.4, -0.2) is 65.3 Å². The summed E-state index contributed by atoms with van der Waals surface area (Å²) in [5.41, 5.74) is -0.0975. The molecule has 8 heteroatoms. The number of likely N-dealkylation sites (tertiary alicyclic amines) is 1. The summed E-state index contributed by atoms with van der Waals surface area (Å²) in [6.07, 6.45) is 2.42. The molecule has 0 saturated carbocycles. The molecule has 0 bridgehead atoms. The summed E-state index contributed by atoms with van der Waals surface area (Å²) in [5.74, 6) is -0.186. The lowest BCUT2D eigenvalue weighted by Gasteiger charge is -2.39. The molecule has 2 aliphatic heterocycles. The Morgan fingerprint density at radius 2 is 1.66 bits per heavy atom. The van der Waals surface area contributed by atoms with Gasteiger partial charge in [-0.25, -0.2) is 9.59 Å². The predicted octanol–water partition coefficient (Wildman–Crippen LogP) is 3.37. The lowest BCUT2D eigenvalue weighted by molar-refractivity contribution is -0.134. The highest BCUT2D eigenvalue weighted by Gasteiger charge is 2.38. The van der Waals surface area contributed by atoms with Gasteiger partial charge in [0.25, 0.3) is 0 Å². The van der Waals surface area contributed by atoms with Crippen molar-refractivity contribution in [2.45, 2.75) is 71.1 Å². The minimum Gasteiger partial charge on any atom is -0.444 e. The number of ether oxygens (including phenoxy) is 1. The van der Waals surface area contributed by atoms with E-state index in [1.165, 1.54) is 0 Å². The zero-order valence-corrected chi connectivity index (χ0v) is 19.5. The summed E-state index contributed by atoms with van der Waals surface area (Å²) in [6, 6.07) is 8.34. The third-order valence-electron chi connectivity index (χ3n) is 5.77. The summed E-state index contributed by atoms with van der Waals surface area (Å²) in [7, 11) is 0. The summed E-state index contributed by atoms with van der Waals surface area (Å²) >= 11 is 0. The van der Waals surface area contributed by atoms with Crippen molar-refractivity contribution < 1.29 is 24.0 Å². The first-order valence-electron chi connectivity index (χ1n) is 11.4. The first-order valence-corrected chi connectivity index (χ1v) is 11.4. The molecule has 0 radical (unpaired) electrons. The average Bonchev–Trinajstić information content (AvgIpc) is 2.74. The molecule has 1 aromatic carbocycles. The SMILES string of the molecule is C[C@@H]1CC[C@@H](C(=O)NC2CCN(OC(=O)c3ccccc3)CC2)N(C(=O)OC(C)(C)C)C1. The van der Waals surface area contributed by atoms with Crippen molar-refractivity contribution >= 4 is 18.0 Å². The van der Waals surface area contributed by atoms with E-state index in [0.29, 0.717) is 50.4 Å². The fraction of sp³-hybridized carbons (Fsp3) is 0.625. The molecule has 1 N–H and O–H groups in total. The number of benzene rings is 1. The van der Waals surface area contributed by atoms with Gasteiger partial charge in [0.05, 0.1) is 5.56 Å². The highest BCUT2D eigenvalue weighted by atomic mass is 16.7. The Bertz CT molecular complexity index is 800. The molecule has 32 heavy (non-hydrogen) atoms. The van der Waals surface area contributed by atoms with E-state index in [0.717, 1.165) is 6.42 Å². The number of hydroxylamine groups is 2. The maximum atomic E-state index is 13.0.